The molecule has 0 bridgehead atoms. The van der Waals surface area contributed by atoms with Crippen LogP contribution in [0.4, 0.5) is 4.39 Å². The van der Waals surface area contributed by atoms with Crippen molar-refractivity contribution in [2.45, 2.75) is 13.8 Å². The van der Waals surface area contributed by atoms with Crippen molar-refractivity contribution in [3.05, 3.63) is 40.8 Å². The van der Waals surface area contributed by atoms with E-state index in [9.17, 15) is 9.18 Å². The number of carbonyl (C=O) groups excluding carboxylic acids is 1. The van der Waals surface area contributed by atoms with Gasteiger partial charge < -0.3 is 4.74 Å². The zero-order chi connectivity index (χ0) is 13.7. The lowest BCUT2D eigenvalue weighted by molar-refractivity contribution is 0.0600. The number of benzene rings is 1. The summed E-state index contributed by atoms with van der Waals surface area (Å²) in [5, 5.41) is 0.849. The smallest absolute Gasteiger partial charge is 0.337 e. The minimum atomic E-state index is -0.597. The number of ether oxygens (including phenoxy) is 1. The molecule has 0 aliphatic rings. The molecule has 0 N–H and O–H groups in total. The molecule has 1 aromatic heterocycles. The van der Waals surface area contributed by atoms with Crippen LogP contribution in [0.25, 0.3) is 10.9 Å². The molecule has 0 spiro atoms. The predicted octanol–water partition coefficient (Wildman–Crippen LogP) is 3.84. The zero-order valence-electron chi connectivity index (χ0n) is 10.3. The molecule has 0 saturated heterocycles. The van der Waals surface area contributed by atoms with Gasteiger partial charge in [0, 0.05) is 11.6 Å². The highest BCUT2D eigenvalue weighted by Crippen LogP contribution is 2.21. The first-order valence-electron chi connectivity index (χ1n) is 5.45. The molecule has 18 heavy (non-hydrogen) atoms. The topological polar surface area (TPSA) is 39.2 Å². The van der Waals surface area contributed by atoms with E-state index in [0.717, 1.165) is 6.07 Å². The largest absolute Gasteiger partial charge is 0.465 e. The van der Waals surface area contributed by atoms with Crippen LogP contribution in [0.3, 0.4) is 0 Å². The maximum absolute atomic E-state index is 13.6. The van der Waals surface area contributed by atoms with E-state index in [0.29, 0.717) is 10.4 Å². The second kappa shape index (κ2) is 6.31. The fourth-order valence-electron chi connectivity index (χ4n) is 1.41. The van der Waals surface area contributed by atoms with Crippen LogP contribution in [0.2, 0.25) is 5.02 Å². The lowest BCUT2D eigenvalue weighted by atomic mass is 10.1. The van der Waals surface area contributed by atoms with E-state index in [2.05, 4.69) is 9.72 Å². The second-order valence-corrected chi connectivity index (χ2v) is 3.61. The fraction of sp³-hybridized carbons (Fsp3) is 0.231. The van der Waals surface area contributed by atoms with Gasteiger partial charge in [-0.15, -0.1) is 0 Å². The predicted molar refractivity (Wildman–Crippen MR) is 69.4 cm³/mol. The lowest BCUT2D eigenvalue weighted by Gasteiger charge is -2.03. The molecule has 5 heteroatoms. The Balaban J connectivity index is 0.000000771. The third-order valence-corrected chi connectivity index (χ3v) is 2.33. The van der Waals surface area contributed by atoms with Gasteiger partial charge in [0.05, 0.1) is 17.7 Å². The van der Waals surface area contributed by atoms with Gasteiger partial charge in [-0.05, 0) is 18.2 Å². The van der Waals surface area contributed by atoms with Gasteiger partial charge in [-0.25, -0.2) is 9.18 Å². The molecular formula is C13H13ClFNO2. The number of methoxy groups -OCH3 is 1. The Morgan fingerprint density at radius 3 is 2.61 bits per heavy atom. The summed E-state index contributed by atoms with van der Waals surface area (Å²) >= 11 is 5.74. The van der Waals surface area contributed by atoms with Crippen molar-refractivity contribution >= 4 is 28.5 Å². The molecule has 2 aromatic rings. The van der Waals surface area contributed by atoms with E-state index in [1.807, 2.05) is 13.8 Å². The number of pyridine rings is 1. The number of rotatable bonds is 1. The molecule has 0 aliphatic heterocycles. The molecule has 0 fully saturated rings. The van der Waals surface area contributed by atoms with Gasteiger partial charge in [0.15, 0.2) is 0 Å². The summed E-state index contributed by atoms with van der Waals surface area (Å²) in [7, 11) is 1.24. The number of esters is 1. The summed E-state index contributed by atoms with van der Waals surface area (Å²) in [5.41, 5.74) is 0.314. The third-order valence-electron chi connectivity index (χ3n) is 2.12. The average Bonchev–Trinajstić information content (AvgIpc) is 2.39. The normalized spacial score (nSPS) is 9.61. The van der Waals surface area contributed by atoms with Crippen LogP contribution in [0.1, 0.15) is 24.2 Å². The Morgan fingerprint density at radius 1 is 1.33 bits per heavy atom. The molecule has 3 nitrogen and oxygen atoms in total. The standard InChI is InChI=1S/C11H7ClFNO2.C2H6/c1-16-11(15)7-2-6-3-8(12)5-14-10(6)9(13)4-7;1-2/h2-5H,1H3;1-2H3. The SMILES string of the molecule is CC.COC(=O)c1cc(F)c2ncc(Cl)cc2c1. The summed E-state index contributed by atoms with van der Waals surface area (Å²) < 4.78 is 18.1. The molecule has 0 amide bonds. The summed E-state index contributed by atoms with van der Waals surface area (Å²) in [6, 6.07) is 4.12. The first-order valence-corrected chi connectivity index (χ1v) is 5.82. The third kappa shape index (κ3) is 2.96. The van der Waals surface area contributed by atoms with E-state index in [1.165, 1.54) is 19.4 Å². The van der Waals surface area contributed by atoms with Crippen LogP contribution in [0.15, 0.2) is 24.4 Å². The van der Waals surface area contributed by atoms with Gasteiger partial charge in [0.25, 0.3) is 0 Å². The zero-order valence-corrected chi connectivity index (χ0v) is 11.1. The summed E-state index contributed by atoms with van der Waals surface area (Å²) in [4.78, 5) is 15.1. The van der Waals surface area contributed by atoms with Crippen molar-refractivity contribution in [1.29, 1.82) is 0 Å². The summed E-state index contributed by atoms with van der Waals surface area (Å²) in [5.74, 6) is -1.17. The summed E-state index contributed by atoms with van der Waals surface area (Å²) in [6.45, 7) is 4.00. The van der Waals surface area contributed by atoms with Crippen LogP contribution in [-0.4, -0.2) is 18.1 Å². The van der Waals surface area contributed by atoms with Crippen molar-refractivity contribution in [2.24, 2.45) is 0 Å². The summed E-state index contributed by atoms with van der Waals surface area (Å²) in [6.07, 6.45) is 1.35. The van der Waals surface area contributed by atoms with E-state index >= 15 is 0 Å². The van der Waals surface area contributed by atoms with Crippen molar-refractivity contribution in [2.75, 3.05) is 7.11 Å². The first-order chi connectivity index (χ1) is 8.61. The number of nitrogens with zero attached hydrogens (tertiary/aromatic N) is 1. The van der Waals surface area contributed by atoms with Crippen molar-refractivity contribution in [3.63, 3.8) is 0 Å². The number of hydrogen-bond acceptors (Lipinski definition) is 3. The van der Waals surface area contributed by atoms with Crippen LogP contribution in [0.5, 0.6) is 0 Å². The Kier molecular flexibility index (Phi) is 5.04. The number of hydrogen-bond donors (Lipinski definition) is 0. The van der Waals surface area contributed by atoms with Gasteiger partial charge in [-0.2, -0.15) is 0 Å². The number of halogens is 2. The Bertz CT molecular complexity index is 572. The highest BCUT2D eigenvalue weighted by Gasteiger charge is 2.11. The molecule has 1 aromatic carbocycles. The molecule has 0 atom stereocenters. The monoisotopic (exact) mass is 269 g/mol. The quantitative estimate of drug-likeness (QED) is 0.739. The number of fused-ring (bicyclic) bond motifs is 1. The van der Waals surface area contributed by atoms with Crippen molar-refractivity contribution < 1.29 is 13.9 Å². The Morgan fingerprint density at radius 2 is 2.00 bits per heavy atom. The van der Waals surface area contributed by atoms with Crippen molar-refractivity contribution in [3.8, 4) is 0 Å². The maximum Gasteiger partial charge on any atom is 0.337 e. The highest BCUT2D eigenvalue weighted by atomic mass is 35.5. The van der Waals surface area contributed by atoms with Crippen LogP contribution < -0.4 is 0 Å². The van der Waals surface area contributed by atoms with Gasteiger partial charge in [0.2, 0.25) is 0 Å². The number of aromatic nitrogens is 1. The van der Waals surface area contributed by atoms with Gasteiger partial charge >= 0.3 is 5.97 Å². The minimum Gasteiger partial charge on any atom is -0.465 e. The average molecular weight is 270 g/mol. The molecule has 0 saturated carbocycles. The molecule has 0 unspecified atom stereocenters. The highest BCUT2D eigenvalue weighted by molar-refractivity contribution is 6.31. The maximum atomic E-state index is 13.6. The Labute approximate surface area is 110 Å². The molecule has 96 valence electrons. The lowest BCUT2D eigenvalue weighted by Crippen LogP contribution is -2.02. The van der Waals surface area contributed by atoms with E-state index in [1.54, 1.807) is 6.07 Å². The van der Waals surface area contributed by atoms with Gasteiger partial charge in [0.1, 0.15) is 11.3 Å². The van der Waals surface area contributed by atoms with Gasteiger partial charge in [-0.3, -0.25) is 4.98 Å². The minimum absolute atomic E-state index is 0.136. The first kappa shape index (κ1) is 14.4. The van der Waals surface area contributed by atoms with E-state index in [-0.39, 0.29) is 11.1 Å². The van der Waals surface area contributed by atoms with Crippen LogP contribution in [0, 0.1) is 5.82 Å². The van der Waals surface area contributed by atoms with Crippen LogP contribution >= 0.6 is 11.6 Å². The Hall–Kier alpha value is -1.68. The molecular weight excluding hydrogens is 257 g/mol. The molecule has 0 aliphatic carbocycles. The molecule has 1 heterocycles. The van der Waals surface area contributed by atoms with E-state index in [4.69, 9.17) is 11.6 Å². The van der Waals surface area contributed by atoms with Gasteiger partial charge in [-0.1, -0.05) is 25.4 Å². The van der Waals surface area contributed by atoms with Crippen molar-refractivity contribution in [1.82, 2.24) is 4.98 Å². The molecule has 0 radical (unpaired) electrons. The number of carbonyl (C=O) groups is 1. The fourth-order valence-corrected chi connectivity index (χ4v) is 1.58. The van der Waals surface area contributed by atoms with E-state index < -0.39 is 11.8 Å². The molecule has 2 rings (SSSR count). The second-order valence-electron chi connectivity index (χ2n) is 3.17. The van der Waals surface area contributed by atoms with Crippen LogP contribution in [-0.2, 0) is 4.74 Å².